The van der Waals surface area contributed by atoms with Crippen molar-refractivity contribution in [2.75, 3.05) is 11.1 Å². The molecule has 0 saturated heterocycles. The fraction of sp³-hybridized carbons (Fsp3) is 0.562. The number of hydrogen-bond donors (Lipinski definition) is 2. The van der Waals surface area contributed by atoms with E-state index in [1.807, 2.05) is 30.0 Å². The van der Waals surface area contributed by atoms with Crippen LogP contribution in [0, 0.1) is 0 Å². The van der Waals surface area contributed by atoms with Crippen LogP contribution >= 0.6 is 11.8 Å². The zero-order chi connectivity index (χ0) is 13.9. The van der Waals surface area contributed by atoms with Crippen LogP contribution in [0.4, 0.5) is 5.69 Å². The Morgan fingerprint density at radius 3 is 3.05 bits per heavy atom. The lowest BCUT2D eigenvalue weighted by Gasteiger charge is -2.17. The fourth-order valence-electron chi connectivity index (χ4n) is 3.22. The molecule has 0 spiro atoms. The third-order valence-corrected chi connectivity index (χ3v) is 5.45. The minimum Gasteiger partial charge on any atom is -0.373 e. The second-order valence-electron chi connectivity index (χ2n) is 5.65. The highest BCUT2D eigenvalue weighted by molar-refractivity contribution is 7.99. The van der Waals surface area contributed by atoms with E-state index in [1.54, 1.807) is 0 Å². The molecule has 3 atom stereocenters. The Morgan fingerprint density at radius 1 is 1.40 bits per heavy atom. The van der Waals surface area contributed by atoms with Crippen molar-refractivity contribution < 1.29 is 4.79 Å². The van der Waals surface area contributed by atoms with Gasteiger partial charge < -0.3 is 10.6 Å². The smallest absolute Gasteiger partial charge is 0.243 e. The van der Waals surface area contributed by atoms with Gasteiger partial charge in [-0.05, 0) is 36.6 Å². The molecule has 0 radical (unpaired) electrons. The van der Waals surface area contributed by atoms with Crippen molar-refractivity contribution in [3.8, 4) is 0 Å². The van der Waals surface area contributed by atoms with E-state index in [0.29, 0.717) is 6.04 Å². The van der Waals surface area contributed by atoms with Crippen molar-refractivity contribution in [3.63, 3.8) is 0 Å². The number of thioether (sulfide) groups is 1. The Morgan fingerprint density at radius 2 is 2.25 bits per heavy atom. The molecule has 1 saturated carbocycles. The molecule has 1 aromatic rings. The summed E-state index contributed by atoms with van der Waals surface area (Å²) < 4.78 is 0. The van der Waals surface area contributed by atoms with Crippen LogP contribution in [0.2, 0.25) is 0 Å². The third kappa shape index (κ3) is 2.95. The summed E-state index contributed by atoms with van der Waals surface area (Å²) in [5, 5.41) is 7.29. The summed E-state index contributed by atoms with van der Waals surface area (Å²) >= 11 is 2.02. The molecule has 3 rings (SSSR count). The lowest BCUT2D eigenvalue weighted by atomic mass is 10.1. The van der Waals surface area contributed by atoms with Gasteiger partial charge in [0.2, 0.25) is 5.91 Å². The lowest BCUT2D eigenvalue weighted by Crippen LogP contribution is -2.43. The van der Waals surface area contributed by atoms with Gasteiger partial charge in [-0.2, -0.15) is 11.8 Å². The fourth-order valence-corrected chi connectivity index (χ4v) is 4.36. The first-order valence-corrected chi connectivity index (χ1v) is 8.57. The predicted molar refractivity (Wildman–Crippen MR) is 85.3 cm³/mol. The van der Waals surface area contributed by atoms with Gasteiger partial charge in [-0.15, -0.1) is 0 Å². The molecule has 1 fully saturated rings. The van der Waals surface area contributed by atoms with Crippen LogP contribution in [0.3, 0.4) is 0 Å². The van der Waals surface area contributed by atoms with E-state index in [2.05, 4.69) is 23.6 Å². The molecule has 1 amide bonds. The van der Waals surface area contributed by atoms with Crippen molar-refractivity contribution in [3.05, 3.63) is 29.8 Å². The molecule has 108 valence electrons. The number of amides is 1. The van der Waals surface area contributed by atoms with Gasteiger partial charge in [0.15, 0.2) is 0 Å². The summed E-state index contributed by atoms with van der Waals surface area (Å²) in [6.07, 6.45) is 4.30. The van der Waals surface area contributed by atoms with E-state index in [1.165, 1.54) is 17.7 Å². The van der Waals surface area contributed by atoms with Crippen LogP contribution in [0.25, 0.3) is 0 Å². The number of anilines is 1. The summed E-state index contributed by atoms with van der Waals surface area (Å²) in [6, 6.07) is 8.47. The van der Waals surface area contributed by atoms with Gasteiger partial charge in [-0.25, -0.2) is 0 Å². The largest absolute Gasteiger partial charge is 0.373 e. The van der Waals surface area contributed by atoms with E-state index in [0.717, 1.165) is 30.2 Å². The maximum atomic E-state index is 12.4. The monoisotopic (exact) mass is 290 g/mol. The van der Waals surface area contributed by atoms with Gasteiger partial charge in [0.25, 0.3) is 0 Å². The molecule has 0 aromatic heterocycles. The average Bonchev–Trinajstić information content (AvgIpc) is 3.05. The maximum Gasteiger partial charge on any atom is 0.243 e. The molecular formula is C16H22N2OS. The van der Waals surface area contributed by atoms with Gasteiger partial charge >= 0.3 is 0 Å². The first-order valence-electron chi connectivity index (χ1n) is 7.52. The molecule has 3 nitrogen and oxygen atoms in total. The number of fused-ring (bicyclic) bond motifs is 1. The van der Waals surface area contributed by atoms with Crippen LogP contribution in [0.5, 0.6) is 0 Å². The number of carbonyl (C=O) groups excluding carboxylic acids is 1. The molecule has 1 aromatic carbocycles. The molecule has 2 N–H and O–H groups in total. The van der Waals surface area contributed by atoms with Crippen molar-refractivity contribution >= 4 is 23.4 Å². The first-order chi connectivity index (χ1) is 9.76. The molecule has 1 aliphatic carbocycles. The number of carbonyl (C=O) groups is 1. The van der Waals surface area contributed by atoms with Crippen LogP contribution in [0.1, 0.15) is 31.7 Å². The van der Waals surface area contributed by atoms with Crippen LogP contribution in [-0.4, -0.2) is 29.0 Å². The Bertz CT molecular complexity index is 466. The number of hydrogen-bond acceptors (Lipinski definition) is 3. The molecule has 2 aliphatic rings. The van der Waals surface area contributed by atoms with Gasteiger partial charge in [0, 0.05) is 23.4 Å². The van der Waals surface area contributed by atoms with Crippen LogP contribution < -0.4 is 10.6 Å². The van der Waals surface area contributed by atoms with E-state index < -0.39 is 0 Å². The Balaban J connectivity index is 1.52. The van der Waals surface area contributed by atoms with Gasteiger partial charge in [0.05, 0.1) is 0 Å². The van der Waals surface area contributed by atoms with E-state index in [-0.39, 0.29) is 11.9 Å². The van der Waals surface area contributed by atoms with Crippen LogP contribution in [0.15, 0.2) is 24.3 Å². The maximum absolute atomic E-state index is 12.4. The summed E-state index contributed by atoms with van der Waals surface area (Å²) in [4.78, 5) is 12.4. The molecular weight excluding hydrogens is 268 g/mol. The molecule has 2 unspecified atom stereocenters. The summed E-state index contributed by atoms with van der Waals surface area (Å²) in [5.41, 5.74) is 2.36. The topological polar surface area (TPSA) is 41.1 Å². The highest BCUT2D eigenvalue weighted by atomic mass is 32.2. The average molecular weight is 290 g/mol. The molecule has 0 bridgehead atoms. The van der Waals surface area contributed by atoms with E-state index in [4.69, 9.17) is 0 Å². The van der Waals surface area contributed by atoms with Gasteiger partial charge in [-0.1, -0.05) is 25.1 Å². The molecule has 1 aliphatic heterocycles. The highest BCUT2D eigenvalue weighted by Crippen LogP contribution is 2.30. The van der Waals surface area contributed by atoms with Crippen molar-refractivity contribution in [1.82, 2.24) is 5.32 Å². The van der Waals surface area contributed by atoms with E-state index >= 15 is 0 Å². The van der Waals surface area contributed by atoms with Gasteiger partial charge in [0.1, 0.15) is 6.04 Å². The minimum atomic E-state index is -0.0923. The Kier molecular flexibility index (Phi) is 4.20. The second kappa shape index (κ2) is 6.08. The Hall–Kier alpha value is -1.16. The summed E-state index contributed by atoms with van der Waals surface area (Å²) in [7, 11) is 0. The normalized spacial score (nSPS) is 27.9. The molecule has 1 heterocycles. The zero-order valence-electron chi connectivity index (χ0n) is 11.9. The summed E-state index contributed by atoms with van der Waals surface area (Å²) in [5.74, 6) is 1.33. The van der Waals surface area contributed by atoms with Crippen molar-refractivity contribution in [2.24, 2.45) is 0 Å². The zero-order valence-corrected chi connectivity index (χ0v) is 12.7. The minimum absolute atomic E-state index is 0.0923. The lowest BCUT2D eigenvalue weighted by molar-refractivity contribution is -0.122. The first kappa shape index (κ1) is 13.8. The van der Waals surface area contributed by atoms with Crippen molar-refractivity contribution in [2.45, 2.75) is 49.9 Å². The SMILES string of the molecule is CCSC1CCC(NC(=O)[C@@H]2Cc3ccccc3N2)C1. The highest BCUT2D eigenvalue weighted by Gasteiger charge is 2.30. The number of benzene rings is 1. The third-order valence-electron chi connectivity index (χ3n) is 4.22. The molecule has 4 heteroatoms. The van der Waals surface area contributed by atoms with E-state index in [9.17, 15) is 4.79 Å². The molecule has 20 heavy (non-hydrogen) atoms. The standard InChI is InChI=1S/C16H22N2OS/c1-2-20-13-8-7-12(10-13)17-16(19)15-9-11-5-3-4-6-14(11)18-15/h3-6,12-13,15,18H,2,7-10H2,1H3,(H,17,19)/t12?,13?,15-/m0/s1. The number of nitrogens with one attached hydrogen (secondary N) is 2. The van der Waals surface area contributed by atoms with Crippen LogP contribution in [-0.2, 0) is 11.2 Å². The Labute approximate surface area is 124 Å². The van der Waals surface area contributed by atoms with Gasteiger partial charge in [-0.3, -0.25) is 4.79 Å². The predicted octanol–water partition coefficient (Wildman–Crippen LogP) is 2.81. The second-order valence-corrected chi connectivity index (χ2v) is 7.23. The number of rotatable bonds is 4. The van der Waals surface area contributed by atoms with Crippen molar-refractivity contribution in [1.29, 1.82) is 0 Å². The number of para-hydroxylation sites is 1. The summed E-state index contributed by atoms with van der Waals surface area (Å²) in [6.45, 7) is 2.20. The quantitative estimate of drug-likeness (QED) is 0.896.